The maximum Gasteiger partial charge on any atom is 0.222 e. The monoisotopic (exact) mass is 671 g/mol. The van der Waals surface area contributed by atoms with E-state index < -0.39 is 0 Å². The minimum atomic E-state index is 0.320. The van der Waals surface area contributed by atoms with E-state index >= 15 is 0 Å². The minimum absolute atomic E-state index is 0.320. The second-order valence-corrected chi connectivity index (χ2v) is 13.3. The highest BCUT2D eigenvalue weighted by Crippen LogP contribution is 2.31. The zero-order chi connectivity index (χ0) is 34.1. The third kappa shape index (κ3) is 9.79. The number of rotatable bonds is 18. The molecule has 4 unspecified atom stereocenters. The third-order valence-electron chi connectivity index (χ3n) is 9.28. The Kier molecular flexibility index (Phi) is 11.2. The predicted molar refractivity (Wildman–Crippen MR) is 195 cm³/mol. The lowest BCUT2D eigenvalue weighted by atomic mass is 9.95. The molecule has 0 aliphatic carbocycles. The van der Waals surface area contributed by atoms with Crippen molar-refractivity contribution in [2.45, 2.75) is 50.7 Å². The van der Waals surface area contributed by atoms with Gasteiger partial charge < -0.3 is 28.4 Å². The van der Waals surface area contributed by atoms with Crippen LogP contribution in [-0.4, -0.2) is 56.8 Å². The lowest BCUT2D eigenvalue weighted by Crippen LogP contribution is -2.05. The summed E-state index contributed by atoms with van der Waals surface area (Å²) in [5, 5.41) is 0. The van der Waals surface area contributed by atoms with Crippen LogP contribution in [0.1, 0.15) is 49.7 Å². The number of aromatic nitrogens is 1. The Morgan fingerprint density at radius 3 is 1.26 bits per heavy atom. The summed E-state index contributed by atoms with van der Waals surface area (Å²) in [6, 6.07) is 39.2. The molecule has 7 rings (SSSR count). The van der Waals surface area contributed by atoms with Gasteiger partial charge in [-0.1, -0.05) is 92.7 Å². The number of hydrogen-bond donors (Lipinski definition) is 0. The summed E-state index contributed by atoms with van der Waals surface area (Å²) >= 11 is 0. The standard InChI is InChI=1S/C43H45NO6/c1-30(22-24-45-26-40-28-47-40)32-6-10-34(11-7-32)36-14-18-38(19-15-36)49-42-4-3-5-43(44-42)50-39-20-16-37(17-21-39)35-12-8-33(9-13-35)31(2)23-25-46-27-41-29-48-41/h3-21,30-31,40-41H,22-29H2,1-2H3. The minimum Gasteiger partial charge on any atom is -0.439 e. The average Bonchev–Trinajstić information content (AvgIpc) is 4.10. The fraction of sp³-hybridized carbons (Fsp3) is 0.326. The van der Waals surface area contributed by atoms with E-state index in [4.69, 9.17) is 28.4 Å². The Labute approximate surface area is 295 Å². The van der Waals surface area contributed by atoms with Gasteiger partial charge in [0.2, 0.25) is 11.8 Å². The van der Waals surface area contributed by atoms with E-state index in [0.717, 1.165) is 61.5 Å². The molecule has 0 saturated carbocycles. The van der Waals surface area contributed by atoms with Gasteiger partial charge in [-0.25, -0.2) is 0 Å². The molecule has 0 radical (unpaired) electrons. The molecule has 5 aromatic rings. The maximum atomic E-state index is 6.08. The normalized spacial score (nSPS) is 17.6. The van der Waals surface area contributed by atoms with Crippen LogP contribution < -0.4 is 9.47 Å². The Bertz CT molecular complexity index is 1650. The fourth-order valence-electron chi connectivity index (χ4n) is 5.80. The third-order valence-corrected chi connectivity index (χ3v) is 9.28. The van der Waals surface area contributed by atoms with E-state index in [2.05, 4.69) is 91.6 Å². The van der Waals surface area contributed by atoms with Gasteiger partial charge >= 0.3 is 0 Å². The summed E-state index contributed by atoms with van der Waals surface area (Å²) < 4.78 is 34.0. The first-order valence-corrected chi connectivity index (χ1v) is 17.7. The number of pyridine rings is 1. The van der Waals surface area contributed by atoms with Crippen LogP contribution in [0.2, 0.25) is 0 Å². The van der Waals surface area contributed by atoms with Gasteiger partial charge in [0, 0.05) is 25.3 Å². The van der Waals surface area contributed by atoms with Crippen LogP contribution in [0.4, 0.5) is 0 Å². The molecule has 2 saturated heterocycles. The molecule has 50 heavy (non-hydrogen) atoms. The molecule has 4 atom stereocenters. The second-order valence-electron chi connectivity index (χ2n) is 13.3. The average molecular weight is 672 g/mol. The lowest BCUT2D eigenvalue weighted by molar-refractivity contribution is 0.111. The number of nitrogens with zero attached hydrogens (tertiary/aromatic N) is 1. The fourth-order valence-corrected chi connectivity index (χ4v) is 5.80. The smallest absolute Gasteiger partial charge is 0.222 e. The van der Waals surface area contributed by atoms with Gasteiger partial charge in [-0.2, -0.15) is 4.98 Å². The molecular weight excluding hydrogens is 626 g/mol. The largest absolute Gasteiger partial charge is 0.439 e. The van der Waals surface area contributed by atoms with E-state index in [-0.39, 0.29) is 0 Å². The number of ether oxygens (including phenoxy) is 6. The SMILES string of the molecule is CC(CCOCC1CO1)c1ccc(-c2ccc(Oc3cccc(Oc4ccc(-c5ccc(C(C)CCOCC6CO6)cc5)cc4)n3)cc2)cc1. The van der Waals surface area contributed by atoms with Gasteiger partial charge in [0.05, 0.1) is 26.4 Å². The molecular formula is C43H45NO6. The first kappa shape index (κ1) is 33.9. The Hall–Kier alpha value is -4.53. The van der Waals surface area contributed by atoms with Crippen molar-refractivity contribution in [2.24, 2.45) is 0 Å². The summed E-state index contributed by atoms with van der Waals surface area (Å²) in [4.78, 5) is 4.58. The summed E-state index contributed by atoms with van der Waals surface area (Å²) in [7, 11) is 0. The summed E-state index contributed by atoms with van der Waals surface area (Å²) in [6.45, 7) is 9.10. The van der Waals surface area contributed by atoms with Crippen LogP contribution >= 0.6 is 0 Å². The van der Waals surface area contributed by atoms with Gasteiger partial charge in [-0.05, 0) is 82.3 Å². The maximum absolute atomic E-state index is 6.08. The summed E-state index contributed by atoms with van der Waals surface area (Å²) in [6.07, 6.45) is 2.63. The lowest BCUT2D eigenvalue weighted by Gasteiger charge is -2.13. The van der Waals surface area contributed by atoms with Crippen molar-refractivity contribution < 1.29 is 28.4 Å². The zero-order valence-corrected chi connectivity index (χ0v) is 28.8. The molecule has 0 spiro atoms. The zero-order valence-electron chi connectivity index (χ0n) is 28.8. The van der Waals surface area contributed by atoms with E-state index in [9.17, 15) is 0 Å². The predicted octanol–water partition coefficient (Wildman–Crippen LogP) is 9.82. The molecule has 1 aromatic heterocycles. The number of epoxide rings is 2. The van der Waals surface area contributed by atoms with Gasteiger partial charge in [-0.15, -0.1) is 0 Å². The van der Waals surface area contributed by atoms with Crippen LogP contribution in [0.5, 0.6) is 23.3 Å². The van der Waals surface area contributed by atoms with Crippen molar-refractivity contribution >= 4 is 0 Å². The van der Waals surface area contributed by atoms with Crippen molar-refractivity contribution in [1.82, 2.24) is 4.98 Å². The first-order chi connectivity index (χ1) is 24.6. The van der Waals surface area contributed by atoms with E-state index in [1.54, 1.807) is 0 Å². The molecule has 0 bridgehead atoms. The van der Waals surface area contributed by atoms with E-state index in [0.29, 0.717) is 60.5 Å². The van der Waals surface area contributed by atoms with Crippen molar-refractivity contribution in [2.75, 3.05) is 39.6 Å². The molecule has 2 aliphatic rings. The highest BCUT2D eigenvalue weighted by molar-refractivity contribution is 5.65. The van der Waals surface area contributed by atoms with Gasteiger partial charge in [-0.3, -0.25) is 0 Å². The van der Waals surface area contributed by atoms with Crippen LogP contribution in [0.15, 0.2) is 115 Å². The number of hydrogen-bond acceptors (Lipinski definition) is 7. The van der Waals surface area contributed by atoms with Crippen molar-refractivity contribution in [3.05, 3.63) is 126 Å². The first-order valence-electron chi connectivity index (χ1n) is 17.7. The van der Waals surface area contributed by atoms with E-state index in [1.165, 1.54) is 11.1 Å². The molecule has 7 heteroatoms. The highest BCUT2D eigenvalue weighted by Gasteiger charge is 2.23. The Balaban J connectivity index is 0.886. The number of benzene rings is 4. The Morgan fingerprint density at radius 1 is 0.540 bits per heavy atom. The summed E-state index contributed by atoms with van der Waals surface area (Å²) in [5.41, 5.74) is 7.22. The Morgan fingerprint density at radius 2 is 0.900 bits per heavy atom. The van der Waals surface area contributed by atoms with Crippen molar-refractivity contribution in [1.29, 1.82) is 0 Å². The quantitative estimate of drug-likeness (QED) is 0.0678. The van der Waals surface area contributed by atoms with Crippen molar-refractivity contribution in [3.8, 4) is 45.5 Å². The van der Waals surface area contributed by atoms with Crippen LogP contribution in [0.25, 0.3) is 22.3 Å². The molecule has 7 nitrogen and oxygen atoms in total. The van der Waals surface area contributed by atoms with E-state index in [1.807, 2.05) is 42.5 Å². The van der Waals surface area contributed by atoms with Crippen LogP contribution in [0, 0.1) is 0 Å². The molecule has 0 N–H and O–H groups in total. The molecule has 0 amide bonds. The molecule has 258 valence electrons. The van der Waals surface area contributed by atoms with Crippen LogP contribution in [0.3, 0.4) is 0 Å². The molecule has 2 fully saturated rings. The van der Waals surface area contributed by atoms with Gasteiger partial charge in [0.25, 0.3) is 0 Å². The molecule has 3 heterocycles. The topological polar surface area (TPSA) is 74.9 Å². The molecule has 4 aromatic carbocycles. The van der Waals surface area contributed by atoms with Gasteiger partial charge in [0.15, 0.2) is 0 Å². The van der Waals surface area contributed by atoms with Gasteiger partial charge in [0.1, 0.15) is 23.7 Å². The molecule has 2 aliphatic heterocycles. The van der Waals surface area contributed by atoms with Crippen molar-refractivity contribution in [3.63, 3.8) is 0 Å². The highest BCUT2D eigenvalue weighted by atomic mass is 16.6. The van der Waals surface area contributed by atoms with Crippen LogP contribution in [-0.2, 0) is 18.9 Å². The second kappa shape index (κ2) is 16.5. The summed E-state index contributed by atoms with van der Waals surface area (Å²) in [5.74, 6) is 3.23.